The summed E-state index contributed by atoms with van der Waals surface area (Å²) in [5.41, 5.74) is 6.35. The van der Waals surface area contributed by atoms with Crippen molar-refractivity contribution in [1.29, 1.82) is 0 Å². The maximum atomic E-state index is 13.6. The van der Waals surface area contributed by atoms with Crippen LogP contribution in [-0.4, -0.2) is 27.0 Å². The maximum absolute atomic E-state index is 13.6. The van der Waals surface area contributed by atoms with E-state index in [9.17, 15) is 19.1 Å². The number of carbonyl (C=O) groups is 2. The van der Waals surface area contributed by atoms with Gasteiger partial charge in [-0.05, 0) is 98.0 Å². The predicted octanol–water partition coefficient (Wildman–Crippen LogP) is 5.90. The molecule has 0 radical (unpaired) electrons. The second kappa shape index (κ2) is 9.97. The third-order valence-electron chi connectivity index (χ3n) is 7.78. The van der Waals surface area contributed by atoms with E-state index in [1.54, 1.807) is 30.3 Å². The van der Waals surface area contributed by atoms with Crippen LogP contribution in [0.1, 0.15) is 58.9 Å². The standard InChI is InChI=1S/C31H28FN3O3/c32-22-12-8-19(9-13-22)29-27(15-10-20-16-24(20)31(37)38)33-28-17-21(11-14-26(28)34-29)30(36)35-25-7-3-5-18-4-1-2-6-23(18)25/h1-2,4,6,8-9,11-14,17,20,24-25H,3,5,7,10,15-16H2,(H,35,36)(H,37,38)/t20-,24-,25-/m1/s1. The number of aliphatic carboxylic acids is 1. The minimum absolute atomic E-state index is 0.0219. The molecule has 2 N–H and O–H groups in total. The monoisotopic (exact) mass is 509 g/mol. The van der Waals surface area contributed by atoms with Gasteiger partial charge in [0.2, 0.25) is 0 Å². The lowest BCUT2D eigenvalue weighted by Gasteiger charge is -2.26. The van der Waals surface area contributed by atoms with Gasteiger partial charge in [-0.3, -0.25) is 9.59 Å². The van der Waals surface area contributed by atoms with Crippen LogP contribution >= 0.6 is 0 Å². The number of halogens is 1. The molecule has 1 aromatic heterocycles. The Kier molecular flexibility index (Phi) is 6.35. The maximum Gasteiger partial charge on any atom is 0.306 e. The van der Waals surface area contributed by atoms with Crippen molar-refractivity contribution in [1.82, 2.24) is 15.3 Å². The summed E-state index contributed by atoms with van der Waals surface area (Å²) >= 11 is 0. The Bertz CT molecular complexity index is 1540. The Labute approximate surface area is 220 Å². The van der Waals surface area contributed by atoms with Crippen LogP contribution in [0.5, 0.6) is 0 Å². The molecule has 0 unspecified atom stereocenters. The van der Waals surface area contributed by atoms with Crippen molar-refractivity contribution in [3.63, 3.8) is 0 Å². The van der Waals surface area contributed by atoms with Gasteiger partial charge in [-0.25, -0.2) is 14.4 Å². The number of carboxylic acid groups (broad SMARTS) is 1. The average molecular weight is 510 g/mol. The minimum atomic E-state index is -0.755. The summed E-state index contributed by atoms with van der Waals surface area (Å²) in [6.07, 6.45) is 4.88. The number of benzene rings is 3. The van der Waals surface area contributed by atoms with Gasteiger partial charge in [-0.2, -0.15) is 0 Å². The van der Waals surface area contributed by atoms with E-state index in [1.165, 1.54) is 23.3 Å². The number of aryl methyl sites for hydroxylation is 2. The molecule has 1 heterocycles. The fourth-order valence-corrected chi connectivity index (χ4v) is 5.58. The summed E-state index contributed by atoms with van der Waals surface area (Å²) in [6.45, 7) is 0. The third kappa shape index (κ3) is 4.88. The molecule has 3 aromatic carbocycles. The second-order valence-electron chi connectivity index (χ2n) is 10.3. The number of amides is 1. The van der Waals surface area contributed by atoms with E-state index in [2.05, 4.69) is 17.4 Å². The van der Waals surface area contributed by atoms with Crippen LogP contribution in [-0.2, 0) is 17.6 Å². The minimum Gasteiger partial charge on any atom is -0.481 e. The van der Waals surface area contributed by atoms with Crippen molar-refractivity contribution >= 4 is 22.9 Å². The first kappa shape index (κ1) is 24.2. The highest BCUT2D eigenvalue weighted by molar-refractivity contribution is 5.97. The molecule has 0 bridgehead atoms. The van der Waals surface area contributed by atoms with E-state index in [1.807, 2.05) is 12.1 Å². The van der Waals surface area contributed by atoms with E-state index < -0.39 is 5.97 Å². The van der Waals surface area contributed by atoms with Gasteiger partial charge in [0.1, 0.15) is 5.82 Å². The number of nitrogens with one attached hydrogen (secondary N) is 1. The van der Waals surface area contributed by atoms with Crippen molar-refractivity contribution < 1.29 is 19.1 Å². The summed E-state index contributed by atoms with van der Waals surface area (Å²) in [6, 6.07) is 19.7. The van der Waals surface area contributed by atoms with Crippen LogP contribution < -0.4 is 5.32 Å². The van der Waals surface area contributed by atoms with Gasteiger partial charge < -0.3 is 10.4 Å². The van der Waals surface area contributed by atoms with Gasteiger partial charge in [0, 0.05) is 11.1 Å². The number of carboxylic acids is 1. The van der Waals surface area contributed by atoms with Crippen molar-refractivity contribution in [3.8, 4) is 11.3 Å². The van der Waals surface area contributed by atoms with Crippen molar-refractivity contribution in [2.45, 2.75) is 44.6 Å². The number of fused-ring (bicyclic) bond motifs is 2. The molecule has 2 aliphatic carbocycles. The zero-order chi connectivity index (χ0) is 26.2. The zero-order valence-electron chi connectivity index (χ0n) is 20.9. The molecule has 1 saturated carbocycles. The molecule has 0 spiro atoms. The highest BCUT2D eigenvalue weighted by atomic mass is 19.1. The lowest BCUT2D eigenvalue weighted by molar-refractivity contribution is -0.138. The molecule has 7 heteroatoms. The van der Waals surface area contributed by atoms with Crippen LogP contribution in [0.2, 0.25) is 0 Å². The zero-order valence-corrected chi connectivity index (χ0v) is 20.9. The molecule has 2 aliphatic rings. The molecule has 1 amide bonds. The van der Waals surface area contributed by atoms with E-state index in [0.29, 0.717) is 41.6 Å². The molecular weight excluding hydrogens is 481 g/mol. The lowest BCUT2D eigenvalue weighted by Crippen LogP contribution is -2.31. The Morgan fingerprint density at radius 2 is 1.82 bits per heavy atom. The lowest BCUT2D eigenvalue weighted by atomic mass is 9.87. The number of nitrogens with zero attached hydrogens (tertiary/aromatic N) is 2. The van der Waals surface area contributed by atoms with E-state index >= 15 is 0 Å². The summed E-state index contributed by atoms with van der Waals surface area (Å²) < 4.78 is 13.6. The second-order valence-corrected chi connectivity index (χ2v) is 10.3. The number of hydrogen-bond donors (Lipinski definition) is 2. The number of hydrogen-bond acceptors (Lipinski definition) is 4. The van der Waals surface area contributed by atoms with Gasteiger partial charge in [0.25, 0.3) is 5.91 Å². The number of carbonyl (C=O) groups excluding carboxylic acids is 1. The van der Waals surface area contributed by atoms with Gasteiger partial charge in [0.05, 0.1) is 34.4 Å². The Balaban J connectivity index is 1.29. The van der Waals surface area contributed by atoms with Crippen molar-refractivity contribution in [2.75, 3.05) is 0 Å². The Morgan fingerprint density at radius 3 is 2.61 bits per heavy atom. The highest BCUT2D eigenvalue weighted by Gasteiger charge is 2.42. The number of rotatable bonds is 7. The molecule has 3 atom stereocenters. The number of aromatic nitrogens is 2. The molecule has 192 valence electrons. The van der Waals surface area contributed by atoms with Crippen LogP contribution in [0.3, 0.4) is 0 Å². The van der Waals surface area contributed by atoms with Crippen molar-refractivity contribution in [3.05, 3.63) is 94.9 Å². The fourth-order valence-electron chi connectivity index (χ4n) is 5.58. The summed E-state index contributed by atoms with van der Waals surface area (Å²) in [7, 11) is 0. The molecule has 38 heavy (non-hydrogen) atoms. The van der Waals surface area contributed by atoms with Crippen molar-refractivity contribution in [2.24, 2.45) is 11.8 Å². The Hall–Kier alpha value is -4.13. The largest absolute Gasteiger partial charge is 0.481 e. The van der Waals surface area contributed by atoms with Crippen LogP contribution in [0.15, 0.2) is 66.7 Å². The quantitative estimate of drug-likeness (QED) is 0.324. The SMILES string of the molecule is O=C(N[C@@H]1CCCc2ccccc21)c1ccc2nc(-c3ccc(F)cc3)c(CC[C@@H]3C[C@H]3C(=O)O)nc2c1. The van der Waals surface area contributed by atoms with Gasteiger partial charge in [-0.15, -0.1) is 0 Å². The normalized spacial score (nSPS) is 20.1. The predicted molar refractivity (Wildman–Crippen MR) is 142 cm³/mol. The molecule has 1 fully saturated rings. The molecule has 6 rings (SSSR count). The van der Waals surface area contributed by atoms with Crippen LogP contribution in [0.4, 0.5) is 4.39 Å². The first-order chi connectivity index (χ1) is 18.5. The van der Waals surface area contributed by atoms with E-state index in [4.69, 9.17) is 9.97 Å². The van der Waals surface area contributed by atoms with Gasteiger partial charge in [0.15, 0.2) is 0 Å². The molecule has 0 saturated heterocycles. The topological polar surface area (TPSA) is 92.2 Å². The van der Waals surface area contributed by atoms with Gasteiger partial charge in [-0.1, -0.05) is 24.3 Å². The summed E-state index contributed by atoms with van der Waals surface area (Å²) in [4.78, 5) is 34.3. The first-order valence-corrected chi connectivity index (χ1v) is 13.1. The molecule has 4 aromatic rings. The third-order valence-corrected chi connectivity index (χ3v) is 7.78. The van der Waals surface area contributed by atoms with Crippen LogP contribution in [0, 0.1) is 17.7 Å². The fraction of sp³-hybridized carbons (Fsp3) is 0.290. The highest BCUT2D eigenvalue weighted by Crippen LogP contribution is 2.42. The van der Waals surface area contributed by atoms with E-state index in [0.717, 1.165) is 30.5 Å². The van der Waals surface area contributed by atoms with E-state index in [-0.39, 0.29) is 29.6 Å². The van der Waals surface area contributed by atoms with Gasteiger partial charge >= 0.3 is 5.97 Å². The summed E-state index contributed by atoms with van der Waals surface area (Å²) in [5, 5.41) is 12.5. The van der Waals surface area contributed by atoms with Crippen LogP contribution in [0.25, 0.3) is 22.3 Å². The molecule has 6 nitrogen and oxygen atoms in total. The molecule has 0 aliphatic heterocycles. The molecular formula is C31H28FN3O3. The Morgan fingerprint density at radius 1 is 1.00 bits per heavy atom. The smallest absolute Gasteiger partial charge is 0.306 e. The first-order valence-electron chi connectivity index (χ1n) is 13.1. The average Bonchev–Trinajstić information content (AvgIpc) is 3.72. The summed E-state index contributed by atoms with van der Waals surface area (Å²) in [5.74, 6) is -1.40.